The van der Waals surface area contributed by atoms with Gasteiger partial charge in [-0.1, -0.05) is 20.8 Å². The second kappa shape index (κ2) is 7.56. The lowest BCUT2D eigenvalue weighted by Gasteiger charge is -2.22. The molecule has 3 nitrogen and oxygen atoms in total. The van der Waals surface area contributed by atoms with Gasteiger partial charge >= 0.3 is 0 Å². The van der Waals surface area contributed by atoms with Crippen molar-refractivity contribution in [1.29, 1.82) is 5.26 Å². The molecule has 92 valence electrons. The number of nitrogens with one attached hydrogen (secondary N) is 1. The average Bonchev–Trinajstić information content (AvgIpc) is 2.31. The van der Waals surface area contributed by atoms with Gasteiger partial charge in [0.25, 0.3) is 0 Å². The predicted molar refractivity (Wildman–Crippen MR) is 69.2 cm³/mol. The van der Waals surface area contributed by atoms with Gasteiger partial charge in [0, 0.05) is 11.8 Å². The summed E-state index contributed by atoms with van der Waals surface area (Å²) in [6, 6.07) is 2.15. The van der Waals surface area contributed by atoms with Crippen LogP contribution in [0.25, 0.3) is 0 Å². The van der Waals surface area contributed by atoms with Crippen molar-refractivity contribution in [2.75, 3.05) is 12.8 Å². The Morgan fingerprint density at radius 2 is 2.06 bits per heavy atom. The third-order valence-corrected chi connectivity index (χ3v) is 4.13. The molecule has 0 bridgehead atoms. The number of nitriles is 1. The lowest BCUT2D eigenvalue weighted by Crippen LogP contribution is -2.40. The van der Waals surface area contributed by atoms with Crippen LogP contribution >= 0.6 is 11.8 Å². The first-order valence-corrected chi connectivity index (χ1v) is 7.07. The summed E-state index contributed by atoms with van der Waals surface area (Å²) in [6.07, 6.45) is 4.15. The van der Waals surface area contributed by atoms with Crippen molar-refractivity contribution in [3.05, 3.63) is 0 Å². The maximum absolute atomic E-state index is 11.9. The van der Waals surface area contributed by atoms with Gasteiger partial charge in [-0.25, -0.2) is 0 Å². The standard InChI is InChI=1S/C12H22N2OS/c1-5-12(6-2,9-13)11(15)14-8-7-10(3)16-4/h10H,5-8H2,1-4H3,(H,14,15). The summed E-state index contributed by atoms with van der Waals surface area (Å²) in [6.45, 7) is 6.56. The monoisotopic (exact) mass is 242 g/mol. The van der Waals surface area contributed by atoms with Crippen LogP contribution in [0.2, 0.25) is 0 Å². The fourth-order valence-electron chi connectivity index (χ4n) is 1.46. The van der Waals surface area contributed by atoms with E-state index in [1.54, 1.807) is 11.8 Å². The Hall–Kier alpha value is -0.690. The average molecular weight is 242 g/mol. The Balaban J connectivity index is 4.19. The number of hydrogen-bond acceptors (Lipinski definition) is 3. The number of thioether (sulfide) groups is 1. The minimum absolute atomic E-state index is 0.117. The molecule has 1 atom stereocenters. The normalized spacial score (nSPS) is 12.9. The minimum Gasteiger partial charge on any atom is -0.355 e. The Labute approximate surface area is 103 Å². The molecule has 0 aliphatic rings. The van der Waals surface area contributed by atoms with Crippen LogP contribution in [-0.4, -0.2) is 24.0 Å². The minimum atomic E-state index is -0.831. The van der Waals surface area contributed by atoms with Crippen molar-refractivity contribution in [3.8, 4) is 6.07 Å². The van der Waals surface area contributed by atoms with Crippen molar-refractivity contribution in [2.24, 2.45) is 5.41 Å². The summed E-state index contributed by atoms with van der Waals surface area (Å²) in [5.74, 6) is -0.117. The number of carbonyl (C=O) groups is 1. The fraction of sp³-hybridized carbons (Fsp3) is 0.833. The molecule has 16 heavy (non-hydrogen) atoms. The smallest absolute Gasteiger partial charge is 0.240 e. The van der Waals surface area contributed by atoms with Gasteiger partial charge in [0.1, 0.15) is 5.41 Å². The summed E-state index contributed by atoms with van der Waals surface area (Å²) in [4.78, 5) is 11.9. The van der Waals surface area contributed by atoms with Gasteiger partial charge < -0.3 is 5.32 Å². The lowest BCUT2D eigenvalue weighted by molar-refractivity contribution is -0.128. The highest BCUT2D eigenvalue weighted by atomic mass is 32.2. The van der Waals surface area contributed by atoms with E-state index in [4.69, 9.17) is 5.26 Å². The van der Waals surface area contributed by atoms with Crippen LogP contribution in [0.5, 0.6) is 0 Å². The van der Waals surface area contributed by atoms with Gasteiger partial charge in [-0.3, -0.25) is 4.79 Å². The molecule has 0 aliphatic heterocycles. The van der Waals surface area contributed by atoms with Crippen molar-refractivity contribution in [1.82, 2.24) is 5.32 Å². The molecule has 0 aromatic rings. The van der Waals surface area contributed by atoms with Gasteiger partial charge in [-0.05, 0) is 25.5 Å². The summed E-state index contributed by atoms with van der Waals surface area (Å²) in [7, 11) is 0. The van der Waals surface area contributed by atoms with Crippen molar-refractivity contribution in [3.63, 3.8) is 0 Å². The Kier molecular flexibility index (Phi) is 7.24. The highest BCUT2D eigenvalue weighted by molar-refractivity contribution is 7.99. The first kappa shape index (κ1) is 15.3. The van der Waals surface area contributed by atoms with E-state index in [1.807, 2.05) is 13.8 Å². The predicted octanol–water partition coefficient (Wildman–Crippen LogP) is 2.57. The molecule has 0 aromatic carbocycles. The molecular weight excluding hydrogens is 220 g/mol. The van der Waals surface area contributed by atoms with Crippen molar-refractivity contribution in [2.45, 2.75) is 45.3 Å². The Bertz CT molecular complexity index is 256. The number of nitrogens with zero attached hydrogens (tertiary/aromatic N) is 1. The molecule has 0 heterocycles. The molecule has 1 amide bonds. The van der Waals surface area contributed by atoms with E-state index < -0.39 is 5.41 Å². The van der Waals surface area contributed by atoms with Crippen LogP contribution in [0.3, 0.4) is 0 Å². The zero-order chi connectivity index (χ0) is 12.6. The topological polar surface area (TPSA) is 52.9 Å². The Morgan fingerprint density at radius 1 is 1.50 bits per heavy atom. The number of rotatable bonds is 7. The zero-order valence-corrected chi connectivity index (χ0v) is 11.5. The van der Waals surface area contributed by atoms with Crippen LogP contribution in [0.15, 0.2) is 0 Å². The second-order valence-electron chi connectivity index (χ2n) is 3.99. The molecule has 0 rings (SSSR count). The summed E-state index contributed by atoms with van der Waals surface area (Å²) in [5.41, 5.74) is -0.831. The third-order valence-electron chi connectivity index (χ3n) is 3.09. The molecule has 0 aliphatic carbocycles. The highest BCUT2D eigenvalue weighted by Gasteiger charge is 2.34. The molecule has 0 saturated carbocycles. The van der Waals surface area contributed by atoms with Crippen molar-refractivity contribution >= 4 is 17.7 Å². The molecule has 0 fully saturated rings. The molecule has 0 spiro atoms. The summed E-state index contributed by atoms with van der Waals surface area (Å²) < 4.78 is 0. The fourth-order valence-corrected chi connectivity index (χ4v) is 1.81. The maximum Gasteiger partial charge on any atom is 0.240 e. The summed E-state index contributed by atoms with van der Waals surface area (Å²) >= 11 is 1.78. The quantitative estimate of drug-likeness (QED) is 0.746. The van der Waals surface area contributed by atoms with Crippen LogP contribution < -0.4 is 5.32 Å². The number of amides is 1. The van der Waals surface area contributed by atoms with E-state index in [-0.39, 0.29) is 5.91 Å². The number of hydrogen-bond donors (Lipinski definition) is 1. The second-order valence-corrected chi connectivity index (χ2v) is 5.27. The first-order chi connectivity index (χ1) is 7.56. The molecule has 0 saturated heterocycles. The molecular formula is C12H22N2OS. The first-order valence-electron chi connectivity index (χ1n) is 5.78. The van der Waals surface area contributed by atoms with E-state index in [0.717, 1.165) is 6.42 Å². The lowest BCUT2D eigenvalue weighted by atomic mass is 9.83. The van der Waals surface area contributed by atoms with Crippen LogP contribution in [0.1, 0.15) is 40.0 Å². The Morgan fingerprint density at radius 3 is 2.44 bits per heavy atom. The van der Waals surface area contributed by atoms with E-state index in [2.05, 4.69) is 24.6 Å². The summed E-state index contributed by atoms with van der Waals surface area (Å²) in [5, 5.41) is 12.5. The van der Waals surface area contributed by atoms with Gasteiger partial charge in [-0.2, -0.15) is 17.0 Å². The van der Waals surface area contributed by atoms with E-state index >= 15 is 0 Å². The van der Waals surface area contributed by atoms with Crippen LogP contribution in [0, 0.1) is 16.7 Å². The molecule has 1 N–H and O–H groups in total. The zero-order valence-electron chi connectivity index (χ0n) is 10.7. The number of carbonyl (C=O) groups excluding carboxylic acids is 1. The van der Waals surface area contributed by atoms with Crippen LogP contribution in [-0.2, 0) is 4.79 Å². The van der Waals surface area contributed by atoms with Crippen LogP contribution in [0.4, 0.5) is 0 Å². The van der Waals surface area contributed by atoms with Gasteiger partial charge in [-0.15, -0.1) is 0 Å². The van der Waals surface area contributed by atoms with E-state index in [1.165, 1.54) is 0 Å². The largest absolute Gasteiger partial charge is 0.355 e. The van der Waals surface area contributed by atoms with E-state index in [9.17, 15) is 4.79 Å². The third kappa shape index (κ3) is 4.05. The van der Waals surface area contributed by atoms with Crippen molar-refractivity contribution < 1.29 is 4.79 Å². The SMILES string of the molecule is CCC(C#N)(CC)C(=O)NCCC(C)SC. The van der Waals surface area contributed by atoms with Gasteiger partial charge in [0.05, 0.1) is 6.07 Å². The van der Waals surface area contributed by atoms with Gasteiger partial charge in [0.2, 0.25) is 5.91 Å². The molecule has 1 unspecified atom stereocenters. The van der Waals surface area contributed by atoms with E-state index in [0.29, 0.717) is 24.6 Å². The molecule has 0 aromatic heterocycles. The van der Waals surface area contributed by atoms with Gasteiger partial charge in [0.15, 0.2) is 0 Å². The maximum atomic E-state index is 11.9. The molecule has 4 heteroatoms. The highest BCUT2D eigenvalue weighted by Crippen LogP contribution is 2.25. The molecule has 0 radical (unpaired) electrons.